The number of rotatable bonds is 4. The Hall–Kier alpha value is -3.19. The van der Waals surface area contributed by atoms with Crippen molar-refractivity contribution in [2.75, 3.05) is 12.4 Å². The van der Waals surface area contributed by atoms with E-state index in [9.17, 15) is 9.59 Å². The summed E-state index contributed by atoms with van der Waals surface area (Å²) >= 11 is 6.06. The molecule has 0 aliphatic rings. The maximum Gasteiger partial charge on any atom is 0.337 e. The first-order chi connectivity index (χ1) is 12.5. The number of hydrogen-bond donors (Lipinski definition) is 1. The van der Waals surface area contributed by atoms with Crippen molar-refractivity contribution in [1.82, 2.24) is 10.2 Å². The average molecular weight is 372 g/mol. The topological polar surface area (TPSA) is 94.3 Å². The summed E-state index contributed by atoms with van der Waals surface area (Å²) < 4.78 is 10.1. The number of aryl methyl sites for hydroxylation is 1. The number of benzene rings is 2. The zero-order valence-corrected chi connectivity index (χ0v) is 14.7. The number of nitrogens with one attached hydrogen (secondary N) is 1. The predicted molar refractivity (Wildman–Crippen MR) is 95.2 cm³/mol. The van der Waals surface area contributed by atoms with E-state index in [0.29, 0.717) is 5.56 Å². The largest absolute Gasteiger partial charge is 0.465 e. The van der Waals surface area contributed by atoms with Crippen LogP contribution >= 0.6 is 11.6 Å². The second-order valence-corrected chi connectivity index (χ2v) is 5.83. The van der Waals surface area contributed by atoms with Gasteiger partial charge in [-0.05, 0) is 37.3 Å². The monoisotopic (exact) mass is 371 g/mol. The molecule has 0 aliphatic heterocycles. The normalized spacial score (nSPS) is 10.4. The van der Waals surface area contributed by atoms with Crippen LogP contribution in [0.15, 0.2) is 46.9 Å². The lowest BCUT2D eigenvalue weighted by molar-refractivity contribution is 0.0600. The molecule has 3 rings (SSSR count). The number of carbonyl (C=O) groups is 2. The third kappa shape index (κ3) is 3.73. The SMILES string of the molecule is COC(=O)c1ccc(Cl)c(NC(=O)c2nnc(-c3ccc(C)cc3)o2)c1. The average Bonchev–Trinajstić information content (AvgIpc) is 3.13. The fourth-order valence-corrected chi connectivity index (χ4v) is 2.33. The van der Waals surface area contributed by atoms with Crippen LogP contribution in [0.25, 0.3) is 11.5 Å². The molecule has 8 heteroatoms. The van der Waals surface area contributed by atoms with E-state index in [4.69, 9.17) is 16.0 Å². The summed E-state index contributed by atoms with van der Waals surface area (Å²) in [6, 6.07) is 11.8. The van der Waals surface area contributed by atoms with Gasteiger partial charge in [0.25, 0.3) is 0 Å². The second-order valence-electron chi connectivity index (χ2n) is 5.42. The minimum absolute atomic E-state index is 0.222. The summed E-state index contributed by atoms with van der Waals surface area (Å²) in [5, 5.41) is 10.4. The molecule has 0 saturated carbocycles. The van der Waals surface area contributed by atoms with E-state index in [1.165, 1.54) is 25.3 Å². The molecule has 1 amide bonds. The fourth-order valence-electron chi connectivity index (χ4n) is 2.17. The summed E-state index contributed by atoms with van der Waals surface area (Å²) in [6.45, 7) is 1.96. The predicted octanol–water partition coefficient (Wildman–Crippen LogP) is 3.74. The van der Waals surface area contributed by atoms with Gasteiger partial charge in [-0.1, -0.05) is 29.3 Å². The van der Waals surface area contributed by atoms with E-state index in [0.717, 1.165) is 5.56 Å². The first-order valence-corrected chi connectivity index (χ1v) is 7.95. The molecule has 0 saturated heterocycles. The van der Waals surface area contributed by atoms with Crippen LogP contribution in [0.3, 0.4) is 0 Å². The molecule has 1 heterocycles. The van der Waals surface area contributed by atoms with Crippen LogP contribution in [0, 0.1) is 6.92 Å². The summed E-state index contributed by atoms with van der Waals surface area (Å²) in [4.78, 5) is 23.9. The minimum Gasteiger partial charge on any atom is -0.465 e. The van der Waals surface area contributed by atoms with Crippen molar-refractivity contribution in [2.45, 2.75) is 6.92 Å². The number of carbonyl (C=O) groups excluding carboxylic acids is 2. The molecule has 7 nitrogen and oxygen atoms in total. The maximum absolute atomic E-state index is 12.3. The van der Waals surface area contributed by atoms with Crippen LogP contribution < -0.4 is 5.32 Å². The van der Waals surface area contributed by atoms with E-state index in [-0.39, 0.29) is 28.1 Å². The number of esters is 1. The van der Waals surface area contributed by atoms with Crippen LogP contribution in [0.2, 0.25) is 5.02 Å². The van der Waals surface area contributed by atoms with E-state index < -0.39 is 11.9 Å². The molecule has 0 fully saturated rings. The van der Waals surface area contributed by atoms with Gasteiger partial charge in [-0.2, -0.15) is 0 Å². The lowest BCUT2D eigenvalue weighted by Gasteiger charge is -2.07. The Kier molecular flexibility index (Phi) is 4.99. The van der Waals surface area contributed by atoms with Crippen molar-refractivity contribution < 1.29 is 18.7 Å². The lowest BCUT2D eigenvalue weighted by Crippen LogP contribution is -2.13. The van der Waals surface area contributed by atoms with Gasteiger partial charge in [0.15, 0.2) is 0 Å². The summed E-state index contributed by atoms with van der Waals surface area (Å²) in [6.07, 6.45) is 0. The molecule has 1 aromatic heterocycles. The summed E-state index contributed by atoms with van der Waals surface area (Å²) in [5.74, 6) is -1.18. The van der Waals surface area contributed by atoms with Gasteiger partial charge in [-0.15, -0.1) is 10.2 Å². The van der Waals surface area contributed by atoms with Crippen molar-refractivity contribution in [2.24, 2.45) is 0 Å². The number of hydrogen-bond acceptors (Lipinski definition) is 6. The molecule has 0 spiro atoms. The Morgan fingerprint density at radius 1 is 1.12 bits per heavy atom. The zero-order chi connectivity index (χ0) is 18.7. The van der Waals surface area contributed by atoms with Gasteiger partial charge in [0, 0.05) is 5.56 Å². The molecule has 26 heavy (non-hydrogen) atoms. The fraction of sp³-hybridized carbons (Fsp3) is 0.111. The molecule has 132 valence electrons. The van der Waals surface area contributed by atoms with Crippen molar-refractivity contribution in [1.29, 1.82) is 0 Å². The Labute approximate surface area is 153 Å². The molecule has 0 unspecified atom stereocenters. The number of amides is 1. The van der Waals surface area contributed by atoms with Crippen molar-refractivity contribution >= 4 is 29.2 Å². The molecule has 0 radical (unpaired) electrons. The van der Waals surface area contributed by atoms with Crippen LogP contribution in [0.4, 0.5) is 5.69 Å². The van der Waals surface area contributed by atoms with Gasteiger partial charge in [-0.25, -0.2) is 4.79 Å². The first-order valence-electron chi connectivity index (χ1n) is 7.57. The maximum atomic E-state index is 12.3. The zero-order valence-electron chi connectivity index (χ0n) is 13.9. The minimum atomic E-state index is -0.639. The third-order valence-electron chi connectivity index (χ3n) is 3.55. The Morgan fingerprint density at radius 2 is 1.85 bits per heavy atom. The first kappa shape index (κ1) is 17.6. The summed E-state index contributed by atoms with van der Waals surface area (Å²) in [7, 11) is 1.26. The number of aromatic nitrogens is 2. The lowest BCUT2D eigenvalue weighted by atomic mass is 10.1. The Morgan fingerprint density at radius 3 is 2.54 bits per heavy atom. The number of nitrogens with zero attached hydrogens (tertiary/aromatic N) is 2. The quantitative estimate of drug-likeness (QED) is 0.702. The van der Waals surface area contributed by atoms with E-state index in [1.807, 2.05) is 31.2 Å². The molecule has 0 bridgehead atoms. The highest BCUT2D eigenvalue weighted by Gasteiger charge is 2.18. The second kappa shape index (κ2) is 7.37. The van der Waals surface area contributed by atoms with Gasteiger partial charge < -0.3 is 14.5 Å². The van der Waals surface area contributed by atoms with Crippen molar-refractivity contribution in [3.8, 4) is 11.5 Å². The number of halogens is 1. The molecule has 3 aromatic rings. The molecule has 1 N–H and O–H groups in total. The van der Waals surface area contributed by atoms with E-state index >= 15 is 0 Å². The molecule has 0 atom stereocenters. The van der Waals surface area contributed by atoms with E-state index in [2.05, 4.69) is 20.3 Å². The van der Waals surface area contributed by atoms with Gasteiger partial charge in [0.05, 0.1) is 23.4 Å². The van der Waals surface area contributed by atoms with Gasteiger partial charge in [0.2, 0.25) is 5.89 Å². The van der Waals surface area contributed by atoms with Gasteiger partial charge in [0.1, 0.15) is 0 Å². The highest BCUT2D eigenvalue weighted by atomic mass is 35.5. The van der Waals surface area contributed by atoms with Crippen molar-refractivity contribution in [3.63, 3.8) is 0 Å². The van der Waals surface area contributed by atoms with Crippen LogP contribution in [0.1, 0.15) is 26.6 Å². The van der Waals surface area contributed by atoms with Gasteiger partial charge >= 0.3 is 17.8 Å². The number of anilines is 1. The number of methoxy groups -OCH3 is 1. The Bertz CT molecular complexity index is 967. The smallest absolute Gasteiger partial charge is 0.337 e. The van der Waals surface area contributed by atoms with Gasteiger partial charge in [-0.3, -0.25) is 4.79 Å². The number of ether oxygens (including phenoxy) is 1. The molecule has 2 aromatic carbocycles. The Balaban J connectivity index is 1.81. The highest BCUT2D eigenvalue weighted by molar-refractivity contribution is 6.34. The molecular formula is C18H14ClN3O4. The standard InChI is InChI=1S/C18H14ClN3O4/c1-10-3-5-11(6-4-10)16-21-22-17(26-16)15(23)20-14-9-12(18(24)25-2)7-8-13(14)19/h3-9H,1-2H3,(H,20,23). The molecule has 0 aliphatic carbocycles. The summed E-state index contributed by atoms with van der Waals surface area (Å²) in [5.41, 5.74) is 2.27. The molecular weight excluding hydrogens is 358 g/mol. The van der Waals surface area contributed by atoms with E-state index in [1.54, 1.807) is 0 Å². The van der Waals surface area contributed by atoms with Crippen LogP contribution in [-0.4, -0.2) is 29.2 Å². The highest BCUT2D eigenvalue weighted by Crippen LogP contribution is 2.25. The van der Waals surface area contributed by atoms with Crippen LogP contribution in [0.5, 0.6) is 0 Å². The third-order valence-corrected chi connectivity index (χ3v) is 3.88. The van der Waals surface area contributed by atoms with Crippen molar-refractivity contribution in [3.05, 3.63) is 64.5 Å². The van der Waals surface area contributed by atoms with Crippen LogP contribution in [-0.2, 0) is 4.74 Å².